The van der Waals surface area contributed by atoms with E-state index in [1.807, 2.05) is 28.5 Å². The van der Waals surface area contributed by atoms with Crippen LogP contribution >= 0.6 is 11.3 Å². The van der Waals surface area contributed by atoms with E-state index in [-0.39, 0.29) is 12.0 Å². The van der Waals surface area contributed by atoms with Gasteiger partial charge in [-0.05, 0) is 42.3 Å². The lowest BCUT2D eigenvalue weighted by molar-refractivity contribution is -0.133. The minimum Gasteiger partial charge on any atom is -0.493 e. The summed E-state index contributed by atoms with van der Waals surface area (Å²) in [5.74, 6) is 1.89. The fraction of sp³-hybridized carbons (Fsp3) is 0.500. The van der Waals surface area contributed by atoms with Crippen LogP contribution in [0.1, 0.15) is 29.7 Å². The average Bonchev–Trinajstić information content (AvgIpc) is 3.44. The summed E-state index contributed by atoms with van der Waals surface area (Å²) in [5.41, 5.74) is 0.923. The monoisotopic (exact) mass is 419 g/mol. The fourth-order valence-corrected chi connectivity index (χ4v) is 4.36. The standard InChI is InChI=1S/C22H29NO5S/c1-25-19-10-8-16(21(26-2)22(19)27-3)9-11-20(24)23(14-17-6-4-12-28-17)15-18-7-5-13-29-18/h5,7-8,10,13,17H,4,6,9,11-12,14-15H2,1-3H3. The molecule has 0 spiro atoms. The SMILES string of the molecule is COc1ccc(CCC(=O)N(Cc2cccs2)CC2CCCO2)c(OC)c1OC. The van der Waals surface area contributed by atoms with Crippen LogP contribution in [-0.2, 0) is 22.5 Å². The molecule has 1 aliphatic rings. The third-order valence-corrected chi connectivity index (χ3v) is 5.98. The van der Waals surface area contributed by atoms with Gasteiger partial charge in [0, 0.05) is 24.4 Å². The number of methoxy groups -OCH3 is 3. The lowest BCUT2D eigenvalue weighted by atomic mass is 10.1. The first-order valence-electron chi connectivity index (χ1n) is 9.85. The number of benzene rings is 1. The molecule has 0 radical (unpaired) electrons. The molecule has 0 saturated carbocycles. The van der Waals surface area contributed by atoms with E-state index in [1.54, 1.807) is 32.7 Å². The van der Waals surface area contributed by atoms with Gasteiger partial charge in [0.15, 0.2) is 11.5 Å². The number of carbonyl (C=O) groups excluding carboxylic acids is 1. The van der Waals surface area contributed by atoms with E-state index >= 15 is 0 Å². The maximum Gasteiger partial charge on any atom is 0.223 e. The summed E-state index contributed by atoms with van der Waals surface area (Å²) >= 11 is 1.67. The molecule has 2 heterocycles. The number of nitrogens with zero attached hydrogens (tertiary/aromatic N) is 1. The largest absolute Gasteiger partial charge is 0.493 e. The van der Waals surface area contributed by atoms with Crippen LogP contribution in [0.15, 0.2) is 29.6 Å². The molecule has 0 bridgehead atoms. The molecule has 1 atom stereocenters. The predicted octanol–water partition coefficient (Wildman–Crippen LogP) is 3.91. The molecule has 1 aromatic heterocycles. The lowest BCUT2D eigenvalue weighted by Gasteiger charge is -2.25. The van der Waals surface area contributed by atoms with Crippen molar-refractivity contribution >= 4 is 17.2 Å². The van der Waals surface area contributed by atoms with E-state index < -0.39 is 0 Å². The normalized spacial score (nSPS) is 15.9. The van der Waals surface area contributed by atoms with Crippen molar-refractivity contribution in [3.05, 3.63) is 40.1 Å². The van der Waals surface area contributed by atoms with E-state index in [0.29, 0.717) is 43.2 Å². The highest BCUT2D eigenvalue weighted by Gasteiger charge is 2.24. The molecule has 1 unspecified atom stereocenters. The molecule has 0 aliphatic carbocycles. The molecule has 2 aromatic rings. The average molecular weight is 420 g/mol. The van der Waals surface area contributed by atoms with Crippen LogP contribution in [0.4, 0.5) is 0 Å². The van der Waals surface area contributed by atoms with Gasteiger partial charge in [-0.15, -0.1) is 11.3 Å². The van der Waals surface area contributed by atoms with Gasteiger partial charge in [0.25, 0.3) is 0 Å². The van der Waals surface area contributed by atoms with Crippen LogP contribution in [0.2, 0.25) is 0 Å². The topological polar surface area (TPSA) is 57.2 Å². The number of carbonyl (C=O) groups is 1. The first-order valence-corrected chi connectivity index (χ1v) is 10.7. The van der Waals surface area contributed by atoms with Gasteiger partial charge in [0.05, 0.1) is 34.0 Å². The van der Waals surface area contributed by atoms with Crippen molar-refractivity contribution in [2.75, 3.05) is 34.5 Å². The lowest BCUT2D eigenvalue weighted by Crippen LogP contribution is -2.36. The summed E-state index contributed by atoms with van der Waals surface area (Å²) in [5, 5.41) is 2.04. The molecule has 1 fully saturated rings. The maximum atomic E-state index is 13.1. The number of ether oxygens (including phenoxy) is 4. The Morgan fingerprint density at radius 3 is 2.62 bits per heavy atom. The highest BCUT2D eigenvalue weighted by molar-refractivity contribution is 7.09. The van der Waals surface area contributed by atoms with Crippen LogP contribution in [0.5, 0.6) is 17.2 Å². The Hall–Kier alpha value is -2.25. The molecule has 158 valence electrons. The van der Waals surface area contributed by atoms with E-state index in [0.717, 1.165) is 25.0 Å². The van der Waals surface area contributed by atoms with Crippen molar-refractivity contribution in [2.45, 2.75) is 38.3 Å². The van der Waals surface area contributed by atoms with Crippen molar-refractivity contribution < 1.29 is 23.7 Å². The highest BCUT2D eigenvalue weighted by Crippen LogP contribution is 2.40. The Labute approximate surface area is 176 Å². The molecule has 0 N–H and O–H groups in total. The second-order valence-electron chi connectivity index (χ2n) is 6.98. The first-order chi connectivity index (χ1) is 14.2. The smallest absolute Gasteiger partial charge is 0.223 e. The number of thiophene rings is 1. The number of aryl methyl sites for hydroxylation is 1. The number of rotatable bonds is 10. The van der Waals surface area contributed by atoms with Crippen molar-refractivity contribution in [1.29, 1.82) is 0 Å². The van der Waals surface area contributed by atoms with Crippen LogP contribution < -0.4 is 14.2 Å². The summed E-state index contributed by atoms with van der Waals surface area (Å²) in [4.78, 5) is 16.2. The van der Waals surface area contributed by atoms with Gasteiger partial charge in [0.1, 0.15) is 0 Å². The number of hydrogen-bond acceptors (Lipinski definition) is 6. The molecule has 29 heavy (non-hydrogen) atoms. The Morgan fingerprint density at radius 2 is 2.00 bits per heavy atom. The van der Waals surface area contributed by atoms with Crippen LogP contribution in [0.25, 0.3) is 0 Å². The summed E-state index contributed by atoms with van der Waals surface area (Å²) in [7, 11) is 4.77. The molecule has 1 aromatic carbocycles. The van der Waals surface area contributed by atoms with E-state index in [1.165, 1.54) is 4.88 Å². The molecular formula is C22H29NO5S. The van der Waals surface area contributed by atoms with Gasteiger partial charge in [-0.25, -0.2) is 0 Å². The van der Waals surface area contributed by atoms with Gasteiger partial charge in [-0.3, -0.25) is 4.79 Å². The van der Waals surface area contributed by atoms with Crippen molar-refractivity contribution in [3.8, 4) is 17.2 Å². The van der Waals surface area contributed by atoms with Crippen LogP contribution in [0, 0.1) is 0 Å². The molecule has 6 nitrogen and oxygen atoms in total. The number of amides is 1. The summed E-state index contributed by atoms with van der Waals surface area (Å²) in [6.07, 6.45) is 3.17. The third-order valence-electron chi connectivity index (χ3n) is 5.12. The third kappa shape index (κ3) is 5.42. The minimum atomic E-state index is 0.116. The molecule has 7 heteroatoms. The van der Waals surface area contributed by atoms with Gasteiger partial charge in [-0.2, -0.15) is 0 Å². The Bertz CT molecular complexity index is 787. The van der Waals surface area contributed by atoms with Crippen molar-refractivity contribution in [3.63, 3.8) is 0 Å². The zero-order chi connectivity index (χ0) is 20.6. The fourth-order valence-electron chi connectivity index (χ4n) is 3.64. The van der Waals surface area contributed by atoms with E-state index in [2.05, 4.69) is 6.07 Å². The number of hydrogen-bond donors (Lipinski definition) is 0. The summed E-state index contributed by atoms with van der Waals surface area (Å²) < 4.78 is 22.1. The van der Waals surface area contributed by atoms with E-state index in [4.69, 9.17) is 18.9 Å². The zero-order valence-corrected chi connectivity index (χ0v) is 18.1. The molecular weight excluding hydrogens is 390 g/mol. The Kier molecular flexibility index (Phi) is 7.77. The summed E-state index contributed by atoms with van der Waals surface area (Å²) in [6.45, 7) is 2.05. The minimum absolute atomic E-state index is 0.116. The van der Waals surface area contributed by atoms with Crippen molar-refractivity contribution in [2.24, 2.45) is 0 Å². The molecule has 1 amide bonds. The van der Waals surface area contributed by atoms with Crippen LogP contribution in [0.3, 0.4) is 0 Å². The van der Waals surface area contributed by atoms with Gasteiger partial charge >= 0.3 is 0 Å². The second kappa shape index (κ2) is 10.5. The van der Waals surface area contributed by atoms with Gasteiger partial charge < -0.3 is 23.8 Å². The second-order valence-corrected chi connectivity index (χ2v) is 8.01. The first kappa shape index (κ1) is 21.5. The maximum absolute atomic E-state index is 13.1. The van der Waals surface area contributed by atoms with E-state index in [9.17, 15) is 4.79 Å². The highest BCUT2D eigenvalue weighted by atomic mass is 32.1. The van der Waals surface area contributed by atoms with Gasteiger partial charge in [0.2, 0.25) is 11.7 Å². The summed E-state index contributed by atoms with van der Waals surface area (Å²) in [6, 6.07) is 7.86. The van der Waals surface area contributed by atoms with Crippen LogP contribution in [-0.4, -0.2) is 51.4 Å². The van der Waals surface area contributed by atoms with Gasteiger partial charge in [-0.1, -0.05) is 12.1 Å². The van der Waals surface area contributed by atoms with Crippen molar-refractivity contribution in [1.82, 2.24) is 4.90 Å². The molecule has 1 saturated heterocycles. The quantitative estimate of drug-likeness (QED) is 0.584. The zero-order valence-electron chi connectivity index (χ0n) is 17.3. The predicted molar refractivity (Wildman–Crippen MR) is 113 cm³/mol. The molecule has 1 aliphatic heterocycles. The Balaban J connectivity index is 1.70. The molecule has 3 rings (SSSR count). The Morgan fingerprint density at radius 1 is 1.17 bits per heavy atom.